The van der Waals surface area contributed by atoms with E-state index in [0.717, 1.165) is 44.5 Å². The molecule has 0 aromatic carbocycles. The second-order valence-electron chi connectivity index (χ2n) is 4.96. The molecule has 104 valence electrons. The average molecular weight is 256 g/mol. The van der Waals surface area contributed by atoms with Gasteiger partial charge in [0.05, 0.1) is 13.2 Å². The van der Waals surface area contributed by atoms with Gasteiger partial charge >= 0.3 is 0 Å². The summed E-state index contributed by atoms with van der Waals surface area (Å²) in [5.74, 6) is 0. The van der Waals surface area contributed by atoms with Gasteiger partial charge in [-0.3, -0.25) is 0 Å². The van der Waals surface area contributed by atoms with E-state index in [2.05, 4.69) is 6.58 Å². The second-order valence-corrected chi connectivity index (χ2v) is 4.96. The van der Waals surface area contributed by atoms with E-state index in [1.165, 1.54) is 12.8 Å². The Morgan fingerprint density at radius 1 is 0.889 bits per heavy atom. The van der Waals surface area contributed by atoms with E-state index in [4.69, 9.17) is 18.9 Å². The Balaban J connectivity index is 1.54. The fourth-order valence-electron chi connectivity index (χ4n) is 2.15. The van der Waals surface area contributed by atoms with Crippen LogP contribution in [0.5, 0.6) is 0 Å². The van der Waals surface area contributed by atoms with Crippen LogP contribution in [0.4, 0.5) is 0 Å². The summed E-state index contributed by atoms with van der Waals surface area (Å²) < 4.78 is 22.3. The van der Waals surface area contributed by atoms with E-state index >= 15 is 0 Å². The van der Waals surface area contributed by atoms with E-state index in [1.807, 2.05) is 0 Å². The van der Waals surface area contributed by atoms with E-state index in [9.17, 15) is 0 Å². The SMILES string of the molecule is C=C(CO[C@H]1CCCCO1)CO[C@H]1CCCCO1. The zero-order chi connectivity index (χ0) is 12.6. The quantitative estimate of drug-likeness (QED) is 0.685. The van der Waals surface area contributed by atoms with Gasteiger partial charge in [-0.05, 0) is 44.1 Å². The maximum Gasteiger partial charge on any atom is 0.158 e. The molecule has 2 saturated heterocycles. The van der Waals surface area contributed by atoms with Crippen molar-refractivity contribution in [1.82, 2.24) is 0 Å². The van der Waals surface area contributed by atoms with Crippen LogP contribution in [-0.2, 0) is 18.9 Å². The van der Waals surface area contributed by atoms with E-state index in [0.29, 0.717) is 13.2 Å². The monoisotopic (exact) mass is 256 g/mol. The number of rotatable bonds is 6. The molecule has 4 heteroatoms. The Bertz CT molecular complexity index is 218. The summed E-state index contributed by atoms with van der Waals surface area (Å²) in [4.78, 5) is 0. The summed E-state index contributed by atoms with van der Waals surface area (Å²) in [5, 5.41) is 0. The predicted molar refractivity (Wildman–Crippen MR) is 68.2 cm³/mol. The van der Waals surface area contributed by atoms with E-state index < -0.39 is 0 Å². The molecule has 2 aliphatic heterocycles. The highest BCUT2D eigenvalue weighted by atomic mass is 16.7. The lowest BCUT2D eigenvalue weighted by molar-refractivity contribution is -0.168. The summed E-state index contributed by atoms with van der Waals surface area (Å²) in [5.41, 5.74) is 0.943. The first kappa shape index (κ1) is 14.0. The van der Waals surface area contributed by atoms with Crippen molar-refractivity contribution in [3.05, 3.63) is 12.2 Å². The maximum absolute atomic E-state index is 5.64. The van der Waals surface area contributed by atoms with Gasteiger partial charge in [0.2, 0.25) is 0 Å². The fraction of sp³-hybridized carbons (Fsp3) is 0.857. The first-order valence-electron chi connectivity index (χ1n) is 6.97. The Labute approximate surface area is 109 Å². The van der Waals surface area contributed by atoms with Gasteiger partial charge < -0.3 is 18.9 Å². The molecule has 0 N–H and O–H groups in total. The van der Waals surface area contributed by atoms with Crippen LogP contribution < -0.4 is 0 Å². The van der Waals surface area contributed by atoms with Crippen molar-refractivity contribution < 1.29 is 18.9 Å². The summed E-state index contributed by atoms with van der Waals surface area (Å²) >= 11 is 0. The van der Waals surface area contributed by atoms with Gasteiger partial charge in [0.1, 0.15) is 0 Å². The molecule has 0 aromatic rings. The van der Waals surface area contributed by atoms with Gasteiger partial charge in [0, 0.05) is 13.2 Å². The highest BCUT2D eigenvalue weighted by Gasteiger charge is 2.16. The molecule has 2 rings (SSSR count). The van der Waals surface area contributed by atoms with Gasteiger partial charge in [-0.1, -0.05) is 6.58 Å². The second kappa shape index (κ2) is 7.89. The minimum Gasteiger partial charge on any atom is -0.353 e. The number of hydrogen-bond acceptors (Lipinski definition) is 4. The highest BCUT2D eigenvalue weighted by molar-refractivity contribution is 4.94. The minimum atomic E-state index is -0.0542. The Morgan fingerprint density at radius 3 is 1.78 bits per heavy atom. The zero-order valence-electron chi connectivity index (χ0n) is 11.1. The molecule has 0 saturated carbocycles. The van der Waals surface area contributed by atoms with E-state index in [-0.39, 0.29) is 12.6 Å². The molecule has 2 aliphatic rings. The lowest BCUT2D eigenvalue weighted by Gasteiger charge is -2.25. The Kier molecular flexibility index (Phi) is 6.14. The smallest absolute Gasteiger partial charge is 0.158 e. The summed E-state index contributed by atoms with van der Waals surface area (Å²) in [6.45, 7) is 6.60. The predicted octanol–water partition coefficient (Wildman–Crippen LogP) is 2.63. The molecule has 0 amide bonds. The molecule has 0 aromatic heterocycles. The molecular weight excluding hydrogens is 232 g/mol. The number of hydrogen-bond donors (Lipinski definition) is 0. The number of ether oxygens (including phenoxy) is 4. The van der Waals surface area contributed by atoms with Crippen molar-refractivity contribution in [2.24, 2.45) is 0 Å². The highest BCUT2D eigenvalue weighted by Crippen LogP contribution is 2.16. The third-order valence-corrected chi connectivity index (χ3v) is 3.22. The van der Waals surface area contributed by atoms with Crippen molar-refractivity contribution in [3.8, 4) is 0 Å². The van der Waals surface area contributed by atoms with Crippen LogP contribution in [0.15, 0.2) is 12.2 Å². The van der Waals surface area contributed by atoms with Gasteiger partial charge in [0.15, 0.2) is 12.6 Å². The van der Waals surface area contributed by atoms with E-state index in [1.54, 1.807) is 0 Å². The van der Waals surface area contributed by atoms with Crippen molar-refractivity contribution in [2.45, 2.75) is 51.1 Å². The lowest BCUT2D eigenvalue weighted by Crippen LogP contribution is -2.25. The first-order valence-corrected chi connectivity index (χ1v) is 6.97. The molecule has 0 radical (unpaired) electrons. The van der Waals surface area contributed by atoms with Gasteiger partial charge in [0.25, 0.3) is 0 Å². The van der Waals surface area contributed by atoms with Crippen molar-refractivity contribution in [1.29, 1.82) is 0 Å². The molecule has 0 aliphatic carbocycles. The van der Waals surface area contributed by atoms with Crippen LogP contribution >= 0.6 is 0 Å². The van der Waals surface area contributed by atoms with Crippen LogP contribution in [0.25, 0.3) is 0 Å². The molecule has 4 nitrogen and oxygen atoms in total. The van der Waals surface area contributed by atoms with Gasteiger partial charge in [-0.15, -0.1) is 0 Å². The molecule has 0 bridgehead atoms. The maximum atomic E-state index is 5.64. The molecule has 0 unspecified atom stereocenters. The zero-order valence-corrected chi connectivity index (χ0v) is 11.1. The van der Waals surface area contributed by atoms with Crippen LogP contribution in [0, 0.1) is 0 Å². The fourth-order valence-corrected chi connectivity index (χ4v) is 2.15. The largest absolute Gasteiger partial charge is 0.353 e. The molecule has 2 heterocycles. The van der Waals surface area contributed by atoms with Crippen LogP contribution in [0.1, 0.15) is 38.5 Å². The molecule has 0 spiro atoms. The topological polar surface area (TPSA) is 36.9 Å². The van der Waals surface area contributed by atoms with Crippen LogP contribution in [0.3, 0.4) is 0 Å². The van der Waals surface area contributed by atoms with Gasteiger partial charge in [-0.25, -0.2) is 0 Å². The van der Waals surface area contributed by atoms with Crippen molar-refractivity contribution in [2.75, 3.05) is 26.4 Å². The third-order valence-electron chi connectivity index (χ3n) is 3.22. The van der Waals surface area contributed by atoms with Crippen molar-refractivity contribution >= 4 is 0 Å². The average Bonchev–Trinajstić information content (AvgIpc) is 2.45. The standard InChI is InChI=1S/C14H24O4/c1-12(10-17-13-6-2-4-8-15-13)11-18-14-7-3-5-9-16-14/h13-14H,1-11H2/t13-,14-/m0/s1. The lowest BCUT2D eigenvalue weighted by atomic mass is 10.2. The van der Waals surface area contributed by atoms with Crippen molar-refractivity contribution in [3.63, 3.8) is 0 Å². The molecule has 2 fully saturated rings. The van der Waals surface area contributed by atoms with Crippen LogP contribution in [0.2, 0.25) is 0 Å². The molecule has 18 heavy (non-hydrogen) atoms. The van der Waals surface area contributed by atoms with Gasteiger partial charge in [-0.2, -0.15) is 0 Å². The first-order chi connectivity index (χ1) is 8.84. The summed E-state index contributed by atoms with van der Waals surface area (Å²) in [6.07, 6.45) is 6.52. The Hall–Kier alpha value is -0.420. The Morgan fingerprint density at radius 2 is 1.39 bits per heavy atom. The third kappa shape index (κ3) is 5.06. The molecule has 2 atom stereocenters. The normalized spacial score (nSPS) is 29.1. The summed E-state index contributed by atoms with van der Waals surface area (Å²) in [6, 6.07) is 0. The minimum absolute atomic E-state index is 0.0542. The summed E-state index contributed by atoms with van der Waals surface area (Å²) in [7, 11) is 0. The van der Waals surface area contributed by atoms with Crippen LogP contribution in [-0.4, -0.2) is 39.0 Å². The molecular formula is C14H24O4.